The first-order chi connectivity index (χ1) is 7.13. The molecule has 3 nitrogen and oxygen atoms in total. The number of ether oxygens (including phenoxy) is 1. The first kappa shape index (κ1) is 12.7. The number of rotatable bonds is 6. The molecule has 15 heavy (non-hydrogen) atoms. The molecule has 1 aromatic rings. The van der Waals surface area contributed by atoms with Gasteiger partial charge in [0.15, 0.2) is 0 Å². The molecule has 0 spiro atoms. The summed E-state index contributed by atoms with van der Waals surface area (Å²) in [5.41, 5.74) is 0.990. The van der Waals surface area contributed by atoms with Crippen LogP contribution in [-0.4, -0.2) is 16.4 Å². The molecule has 0 unspecified atom stereocenters. The van der Waals surface area contributed by atoms with Crippen molar-refractivity contribution in [2.45, 2.75) is 40.3 Å². The molecule has 1 aromatic heterocycles. The van der Waals surface area contributed by atoms with Gasteiger partial charge in [0.05, 0.1) is 11.1 Å². The van der Waals surface area contributed by atoms with Crippen molar-refractivity contribution in [3.8, 4) is 0 Å². The summed E-state index contributed by atoms with van der Waals surface area (Å²) in [5.74, 6) is 0.612. The molecular formula is C11H19BrN2O. The van der Waals surface area contributed by atoms with Crippen molar-refractivity contribution in [1.82, 2.24) is 9.78 Å². The van der Waals surface area contributed by atoms with Crippen LogP contribution in [0.3, 0.4) is 0 Å². The van der Waals surface area contributed by atoms with Crippen LogP contribution >= 0.6 is 15.9 Å². The molecule has 0 aromatic carbocycles. The zero-order valence-corrected chi connectivity index (χ0v) is 11.2. The van der Waals surface area contributed by atoms with E-state index in [0.29, 0.717) is 12.5 Å². The maximum atomic E-state index is 5.46. The highest BCUT2D eigenvalue weighted by Crippen LogP contribution is 2.16. The molecule has 0 atom stereocenters. The molecule has 0 N–H and O–H groups in total. The van der Waals surface area contributed by atoms with E-state index in [-0.39, 0.29) is 0 Å². The van der Waals surface area contributed by atoms with Crippen molar-refractivity contribution < 1.29 is 4.74 Å². The molecule has 1 heterocycles. The number of halogens is 1. The Bertz CT molecular complexity index is 297. The second kappa shape index (κ2) is 6.28. The van der Waals surface area contributed by atoms with Crippen molar-refractivity contribution >= 4 is 15.9 Å². The first-order valence-electron chi connectivity index (χ1n) is 5.43. The smallest absolute Gasteiger partial charge is 0.102 e. The van der Waals surface area contributed by atoms with E-state index in [1.807, 2.05) is 10.9 Å². The second-order valence-corrected chi connectivity index (χ2v) is 4.95. The molecule has 0 radical (unpaired) electrons. The highest BCUT2D eigenvalue weighted by atomic mass is 79.9. The van der Waals surface area contributed by atoms with Crippen LogP contribution in [0.4, 0.5) is 0 Å². The molecule has 1 rings (SSSR count). The van der Waals surface area contributed by atoms with Gasteiger partial charge in [-0.1, -0.05) is 20.8 Å². The Balaban J connectivity index is 2.53. The molecule has 0 aliphatic carbocycles. The molecule has 0 bridgehead atoms. The van der Waals surface area contributed by atoms with Gasteiger partial charge in [-0.05, 0) is 28.3 Å². The zero-order chi connectivity index (χ0) is 11.3. The van der Waals surface area contributed by atoms with E-state index in [4.69, 9.17) is 4.74 Å². The third-order valence-electron chi connectivity index (χ3n) is 1.93. The Kier molecular flexibility index (Phi) is 5.32. The van der Waals surface area contributed by atoms with Gasteiger partial charge >= 0.3 is 0 Å². The van der Waals surface area contributed by atoms with Gasteiger partial charge in [-0.3, -0.25) is 4.68 Å². The molecule has 0 saturated carbocycles. The van der Waals surface area contributed by atoms with Gasteiger partial charge in [0, 0.05) is 19.3 Å². The van der Waals surface area contributed by atoms with E-state index < -0.39 is 0 Å². The van der Waals surface area contributed by atoms with Crippen molar-refractivity contribution in [3.63, 3.8) is 0 Å². The van der Waals surface area contributed by atoms with E-state index in [9.17, 15) is 0 Å². The molecule has 0 saturated heterocycles. The van der Waals surface area contributed by atoms with E-state index >= 15 is 0 Å². The number of hydrogen-bond donors (Lipinski definition) is 0. The van der Waals surface area contributed by atoms with Crippen molar-refractivity contribution in [2.75, 3.05) is 6.61 Å². The SMILES string of the molecule is CCCOCc1nn(CC(C)C)cc1Br. The lowest BCUT2D eigenvalue weighted by Crippen LogP contribution is -2.05. The van der Waals surface area contributed by atoms with E-state index in [0.717, 1.165) is 29.7 Å². The number of nitrogens with zero attached hydrogens (tertiary/aromatic N) is 2. The Morgan fingerprint density at radius 1 is 1.53 bits per heavy atom. The van der Waals surface area contributed by atoms with Crippen LogP contribution in [0.1, 0.15) is 32.9 Å². The van der Waals surface area contributed by atoms with Gasteiger partial charge in [-0.15, -0.1) is 0 Å². The summed E-state index contributed by atoms with van der Waals surface area (Å²) in [5, 5.41) is 4.47. The summed E-state index contributed by atoms with van der Waals surface area (Å²) in [6, 6.07) is 0. The van der Waals surface area contributed by atoms with Gasteiger partial charge in [-0.25, -0.2) is 0 Å². The fourth-order valence-electron chi connectivity index (χ4n) is 1.32. The lowest BCUT2D eigenvalue weighted by atomic mass is 10.2. The summed E-state index contributed by atoms with van der Waals surface area (Å²) in [4.78, 5) is 0. The van der Waals surface area contributed by atoms with Gasteiger partial charge in [0.2, 0.25) is 0 Å². The van der Waals surface area contributed by atoms with Crippen LogP contribution < -0.4 is 0 Å². The average molecular weight is 275 g/mol. The maximum Gasteiger partial charge on any atom is 0.102 e. The van der Waals surface area contributed by atoms with Crippen LogP contribution in [0.2, 0.25) is 0 Å². The van der Waals surface area contributed by atoms with Crippen molar-refractivity contribution in [1.29, 1.82) is 0 Å². The lowest BCUT2D eigenvalue weighted by molar-refractivity contribution is 0.118. The standard InChI is InChI=1S/C11H19BrN2O/c1-4-5-15-8-11-10(12)7-14(13-11)6-9(2)3/h7,9H,4-6,8H2,1-3H3. The summed E-state index contributed by atoms with van der Waals surface area (Å²) < 4.78 is 8.47. The number of aromatic nitrogens is 2. The van der Waals surface area contributed by atoms with Gasteiger partial charge < -0.3 is 4.74 Å². The Morgan fingerprint density at radius 3 is 2.87 bits per heavy atom. The fourth-order valence-corrected chi connectivity index (χ4v) is 1.75. The molecule has 0 fully saturated rings. The summed E-state index contributed by atoms with van der Waals surface area (Å²) in [7, 11) is 0. The van der Waals surface area contributed by atoms with Gasteiger partial charge in [0.1, 0.15) is 5.69 Å². The largest absolute Gasteiger partial charge is 0.375 e. The number of hydrogen-bond acceptors (Lipinski definition) is 2. The van der Waals surface area contributed by atoms with Gasteiger partial charge in [-0.2, -0.15) is 5.10 Å². The minimum absolute atomic E-state index is 0.597. The van der Waals surface area contributed by atoms with Crippen LogP contribution in [0.15, 0.2) is 10.7 Å². The summed E-state index contributed by atoms with van der Waals surface area (Å²) in [6.07, 6.45) is 3.06. The molecule has 86 valence electrons. The van der Waals surface area contributed by atoms with Crippen LogP contribution in [0.25, 0.3) is 0 Å². The lowest BCUT2D eigenvalue weighted by Gasteiger charge is -2.03. The molecule has 0 amide bonds. The predicted octanol–water partition coefficient (Wildman–Crippen LogP) is 3.23. The molecular weight excluding hydrogens is 256 g/mol. The molecule has 0 aliphatic rings. The Labute approximate surface area is 99.9 Å². The third-order valence-corrected chi connectivity index (χ3v) is 2.59. The van der Waals surface area contributed by atoms with Crippen LogP contribution in [0, 0.1) is 5.92 Å². The van der Waals surface area contributed by atoms with Crippen LogP contribution in [0.5, 0.6) is 0 Å². The topological polar surface area (TPSA) is 27.1 Å². The fraction of sp³-hybridized carbons (Fsp3) is 0.727. The van der Waals surface area contributed by atoms with E-state index in [1.165, 1.54) is 0 Å². The minimum Gasteiger partial charge on any atom is -0.375 e. The van der Waals surface area contributed by atoms with Crippen LogP contribution in [-0.2, 0) is 17.9 Å². The zero-order valence-electron chi connectivity index (χ0n) is 9.66. The Hall–Kier alpha value is -0.350. The Morgan fingerprint density at radius 2 is 2.27 bits per heavy atom. The third kappa shape index (κ3) is 4.34. The summed E-state index contributed by atoms with van der Waals surface area (Å²) in [6.45, 7) is 8.81. The first-order valence-corrected chi connectivity index (χ1v) is 6.22. The van der Waals surface area contributed by atoms with E-state index in [1.54, 1.807) is 0 Å². The van der Waals surface area contributed by atoms with Crippen molar-refractivity contribution in [3.05, 3.63) is 16.4 Å². The monoisotopic (exact) mass is 274 g/mol. The summed E-state index contributed by atoms with van der Waals surface area (Å²) >= 11 is 3.50. The van der Waals surface area contributed by atoms with Gasteiger partial charge in [0.25, 0.3) is 0 Å². The highest BCUT2D eigenvalue weighted by molar-refractivity contribution is 9.10. The molecule has 4 heteroatoms. The predicted molar refractivity (Wildman–Crippen MR) is 64.7 cm³/mol. The normalized spacial score (nSPS) is 11.3. The van der Waals surface area contributed by atoms with Crippen molar-refractivity contribution in [2.24, 2.45) is 5.92 Å². The average Bonchev–Trinajstić information content (AvgIpc) is 2.46. The quantitative estimate of drug-likeness (QED) is 0.745. The van der Waals surface area contributed by atoms with E-state index in [2.05, 4.69) is 41.8 Å². The minimum atomic E-state index is 0.597. The second-order valence-electron chi connectivity index (χ2n) is 4.09. The maximum absolute atomic E-state index is 5.46. The highest BCUT2D eigenvalue weighted by Gasteiger charge is 2.07. The molecule has 0 aliphatic heterocycles.